The van der Waals surface area contributed by atoms with Crippen LogP contribution in [0.1, 0.15) is 40.0 Å². The van der Waals surface area contributed by atoms with E-state index in [-0.39, 0.29) is 17.5 Å². The lowest BCUT2D eigenvalue weighted by Gasteiger charge is -2.36. The minimum Gasteiger partial charge on any atom is -0.340 e. The summed E-state index contributed by atoms with van der Waals surface area (Å²) in [5.74, 6) is 0.234. The monoisotopic (exact) mass is 198 g/mol. The van der Waals surface area contributed by atoms with Gasteiger partial charge in [0.05, 0.1) is 6.04 Å². The van der Waals surface area contributed by atoms with Gasteiger partial charge in [0.15, 0.2) is 0 Å². The first-order valence-corrected chi connectivity index (χ1v) is 5.44. The Labute approximate surface area is 86.9 Å². The van der Waals surface area contributed by atoms with Crippen molar-refractivity contribution in [3.8, 4) is 0 Å². The largest absolute Gasteiger partial charge is 0.340 e. The number of rotatable bonds is 1. The van der Waals surface area contributed by atoms with Crippen LogP contribution in [0.2, 0.25) is 0 Å². The first-order chi connectivity index (χ1) is 6.43. The zero-order valence-electron chi connectivity index (χ0n) is 9.76. The van der Waals surface area contributed by atoms with Crippen LogP contribution in [0.3, 0.4) is 0 Å². The molecule has 0 aromatic heterocycles. The number of hydrogen-bond donors (Lipinski definition) is 1. The van der Waals surface area contributed by atoms with Gasteiger partial charge < -0.3 is 10.2 Å². The molecule has 82 valence electrons. The van der Waals surface area contributed by atoms with Crippen LogP contribution in [0.15, 0.2) is 0 Å². The van der Waals surface area contributed by atoms with E-state index in [9.17, 15) is 4.79 Å². The van der Waals surface area contributed by atoms with Gasteiger partial charge in [-0.1, -0.05) is 6.42 Å². The third kappa shape index (κ3) is 2.71. The third-order valence-corrected chi connectivity index (χ3v) is 2.95. The van der Waals surface area contributed by atoms with E-state index in [1.54, 1.807) is 0 Å². The molecule has 14 heavy (non-hydrogen) atoms. The van der Waals surface area contributed by atoms with E-state index in [1.165, 1.54) is 12.8 Å². The first kappa shape index (κ1) is 11.5. The summed E-state index contributed by atoms with van der Waals surface area (Å²) in [4.78, 5) is 13.9. The molecule has 1 N–H and O–H groups in total. The van der Waals surface area contributed by atoms with Gasteiger partial charge in [0, 0.05) is 12.6 Å². The summed E-state index contributed by atoms with van der Waals surface area (Å²) in [5.41, 5.74) is -0.0732. The summed E-state index contributed by atoms with van der Waals surface area (Å²) in [7, 11) is 1.89. The number of carbonyl (C=O) groups excluding carboxylic acids is 1. The Morgan fingerprint density at radius 3 is 2.43 bits per heavy atom. The molecule has 0 unspecified atom stereocenters. The van der Waals surface area contributed by atoms with Gasteiger partial charge in [-0.05, 0) is 40.2 Å². The van der Waals surface area contributed by atoms with Crippen LogP contribution in [-0.2, 0) is 4.79 Å². The van der Waals surface area contributed by atoms with Gasteiger partial charge in [-0.15, -0.1) is 0 Å². The molecule has 1 atom stereocenters. The van der Waals surface area contributed by atoms with Crippen molar-refractivity contribution in [3.63, 3.8) is 0 Å². The highest BCUT2D eigenvalue weighted by Gasteiger charge is 2.29. The number of nitrogens with zero attached hydrogens (tertiary/aromatic N) is 1. The van der Waals surface area contributed by atoms with Gasteiger partial charge in [-0.2, -0.15) is 0 Å². The van der Waals surface area contributed by atoms with Gasteiger partial charge in [-0.25, -0.2) is 0 Å². The Kier molecular flexibility index (Phi) is 3.53. The molecule has 3 nitrogen and oxygen atoms in total. The molecular formula is C11H22N2O. The van der Waals surface area contributed by atoms with Crippen LogP contribution in [0.5, 0.6) is 0 Å². The SMILES string of the molecule is CN(C(=O)[C@H]1CCCCN1)C(C)(C)C. The Morgan fingerprint density at radius 2 is 2.00 bits per heavy atom. The van der Waals surface area contributed by atoms with E-state index in [4.69, 9.17) is 0 Å². The quantitative estimate of drug-likeness (QED) is 0.690. The summed E-state index contributed by atoms with van der Waals surface area (Å²) in [6.07, 6.45) is 3.35. The fourth-order valence-electron chi connectivity index (χ4n) is 1.63. The van der Waals surface area contributed by atoms with Crippen molar-refractivity contribution >= 4 is 5.91 Å². The van der Waals surface area contributed by atoms with E-state index < -0.39 is 0 Å². The molecule has 1 fully saturated rings. The van der Waals surface area contributed by atoms with Crippen LogP contribution in [0, 0.1) is 0 Å². The lowest BCUT2D eigenvalue weighted by atomic mass is 10.0. The fourth-order valence-corrected chi connectivity index (χ4v) is 1.63. The number of nitrogens with one attached hydrogen (secondary N) is 1. The lowest BCUT2D eigenvalue weighted by Crippen LogP contribution is -2.52. The van der Waals surface area contributed by atoms with Crippen LogP contribution < -0.4 is 5.32 Å². The van der Waals surface area contributed by atoms with E-state index in [1.807, 2.05) is 11.9 Å². The van der Waals surface area contributed by atoms with Crippen molar-refractivity contribution in [2.75, 3.05) is 13.6 Å². The topological polar surface area (TPSA) is 32.3 Å². The highest BCUT2D eigenvalue weighted by atomic mass is 16.2. The minimum atomic E-state index is -0.0732. The van der Waals surface area contributed by atoms with Gasteiger partial charge in [-0.3, -0.25) is 4.79 Å². The minimum absolute atomic E-state index is 0.0491. The number of likely N-dealkylation sites (N-methyl/N-ethyl adjacent to an activating group) is 1. The second kappa shape index (κ2) is 4.30. The summed E-state index contributed by atoms with van der Waals surface area (Å²) in [6, 6.07) is 0.0491. The molecule has 3 heteroatoms. The standard InChI is InChI=1S/C11H22N2O/c1-11(2,3)13(4)10(14)9-7-5-6-8-12-9/h9,12H,5-8H2,1-4H3/t9-/m1/s1. The maximum absolute atomic E-state index is 12.0. The average Bonchev–Trinajstić information content (AvgIpc) is 2.15. The molecule has 0 saturated carbocycles. The molecule has 1 amide bonds. The highest BCUT2D eigenvalue weighted by molar-refractivity contribution is 5.82. The molecule has 1 heterocycles. The van der Waals surface area contributed by atoms with Crippen molar-refractivity contribution in [3.05, 3.63) is 0 Å². The second-order valence-electron chi connectivity index (χ2n) is 5.07. The third-order valence-electron chi connectivity index (χ3n) is 2.95. The van der Waals surface area contributed by atoms with Crippen molar-refractivity contribution < 1.29 is 4.79 Å². The summed E-state index contributed by atoms with van der Waals surface area (Å²) < 4.78 is 0. The van der Waals surface area contributed by atoms with Crippen molar-refractivity contribution in [2.24, 2.45) is 0 Å². The molecule has 1 aliphatic rings. The number of amides is 1. The van der Waals surface area contributed by atoms with E-state index in [2.05, 4.69) is 26.1 Å². The molecule has 0 spiro atoms. The summed E-state index contributed by atoms with van der Waals surface area (Å²) in [5, 5.41) is 3.28. The molecule has 1 rings (SSSR count). The van der Waals surface area contributed by atoms with Gasteiger partial charge >= 0.3 is 0 Å². The summed E-state index contributed by atoms with van der Waals surface area (Å²) >= 11 is 0. The maximum Gasteiger partial charge on any atom is 0.239 e. The predicted molar refractivity (Wildman–Crippen MR) is 58.2 cm³/mol. The van der Waals surface area contributed by atoms with Crippen molar-refractivity contribution in [2.45, 2.75) is 51.6 Å². The highest BCUT2D eigenvalue weighted by Crippen LogP contribution is 2.15. The zero-order chi connectivity index (χ0) is 10.8. The molecule has 0 aromatic rings. The normalized spacial score (nSPS) is 23.3. The lowest BCUT2D eigenvalue weighted by molar-refractivity contribution is -0.136. The molecule has 1 aliphatic heterocycles. The zero-order valence-corrected chi connectivity index (χ0v) is 9.76. The van der Waals surface area contributed by atoms with Crippen molar-refractivity contribution in [1.82, 2.24) is 10.2 Å². The first-order valence-electron chi connectivity index (χ1n) is 5.44. The average molecular weight is 198 g/mol. The molecule has 0 aromatic carbocycles. The predicted octanol–water partition coefficient (Wildman–Crippen LogP) is 1.39. The molecule has 1 saturated heterocycles. The van der Waals surface area contributed by atoms with Crippen molar-refractivity contribution in [1.29, 1.82) is 0 Å². The maximum atomic E-state index is 12.0. The molecular weight excluding hydrogens is 176 g/mol. The smallest absolute Gasteiger partial charge is 0.239 e. The van der Waals surface area contributed by atoms with Gasteiger partial charge in [0.25, 0.3) is 0 Å². The van der Waals surface area contributed by atoms with Crippen LogP contribution >= 0.6 is 0 Å². The Bertz CT molecular complexity index is 202. The van der Waals surface area contributed by atoms with E-state index in [0.29, 0.717) is 0 Å². The number of piperidine rings is 1. The Hall–Kier alpha value is -0.570. The number of carbonyl (C=O) groups is 1. The van der Waals surface area contributed by atoms with Gasteiger partial charge in [0.2, 0.25) is 5.91 Å². The molecule has 0 aliphatic carbocycles. The van der Waals surface area contributed by atoms with Crippen LogP contribution in [0.4, 0.5) is 0 Å². The van der Waals surface area contributed by atoms with E-state index >= 15 is 0 Å². The van der Waals surface area contributed by atoms with Crippen LogP contribution in [0.25, 0.3) is 0 Å². The molecule has 0 bridgehead atoms. The van der Waals surface area contributed by atoms with Gasteiger partial charge in [0.1, 0.15) is 0 Å². The Morgan fingerprint density at radius 1 is 1.36 bits per heavy atom. The summed E-state index contributed by atoms with van der Waals surface area (Å²) in [6.45, 7) is 7.17. The molecule has 0 radical (unpaired) electrons. The number of hydrogen-bond acceptors (Lipinski definition) is 2. The van der Waals surface area contributed by atoms with E-state index in [0.717, 1.165) is 13.0 Å². The van der Waals surface area contributed by atoms with Crippen LogP contribution in [-0.4, -0.2) is 36.0 Å². The Balaban J connectivity index is 2.55. The second-order valence-corrected chi connectivity index (χ2v) is 5.07. The fraction of sp³-hybridized carbons (Fsp3) is 0.909.